The minimum Gasteiger partial charge on any atom is -0.462 e. The van der Waals surface area contributed by atoms with Gasteiger partial charge in [0.2, 0.25) is 0 Å². The Morgan fingerprint density at radius 1 is 0.383 bits per heavy atom. The van der Waals surface area contributed by atoms with Gasteiger partial charge in [-0.2, -0.15) is 0 Å². The van der Waals surface area contributed by atoms with Crippen LogP contribution in [0, 0.1) is 0 Å². The van der Waals surface area contributed by atoms with Crippen molar-refractivity contribution in [2.45, 2.75) is 245 Å². The zero-order valence-corrected chi connectivity index (χ0v) is 39.7. The van der Waals surface area contributed by atoms with Gasteiger partial charge in [0.15, 0.2) is 6.10 Å². The highest BCUT2D eigenvalue weighted by molar-refractivity contribution is 5.70. The summed E-state index contributed by atoms with van der Waals surface area (Å²) >= 11 is 0. The molecule has 0 saturated heterocycles. The maximum atomic E-state index is 12.7. The third kappa shape index (κ3) is 48.0. The molecule has 0 rings (SSSR count). The largest absolute Gasteiger partial charge is 0.462 e. The lowest BCUT2D eigenvalue weighted by Crippen LogP contribution is -2.30. The second kappa shape index (κ2) is 50.7. The molecule has 0 bridgehead atoms. The molecule has 0 aromatic carbocycles. The molecule has 0 aromatic rings. The fraction of sp³-hybridized carbons (Fsp3) is 0.745. The molecular formula is C55H96O5. The standard InChI is InChI=1S/C55H96O5/c1-4-7-10-13-16-19-22-24-26-28-29-31-34-36-39-42-45-48-54(56)59-52-53(60-55(57)49-46-43-40-37-33-21-18-15-12-9-6-3)51-58-50-47-44-41-38-35-32-30-27-25-23-20-17-14-11-8-5-2/h8,11,15,17-18,20,24-27,32,35,53H,4-7,9-10,12-14,16,19,21-23,28-31,33-34,36-52H2,1-3H3/b11-8-,18-15-,20-17-,26-24-,27-25-,35-32-. The van der Waals surface area contributed by atoms with Crippen molar-refractivity contribution in [1.82, 2.24) is 0 Å². The van der Waals surface area contributed by atoms with Gasteiger partial charge in [0.05, 0.1) is 6.61 Å². The first-order chi connectivity index (χ1) is 29.6. The molecule has 0 N–H and O–H groups in total. The molecule has 0 heterocycles. The first kappa shape index (κ1) is 57.3. The van der Waals surface area contributed by atoms with Crippen molar-refractivity contribution in [2.24, 2.45) is 0 Å². The molecular weight excluding hydrogens is 741 g/mol. The molecule has 0 amide bonds. The van der Waals surface area contributed by atoms with Crippen molar-refractivity contribution in [3.05, 3.63) is 72.9 Å². The van der Waals surface area contributed by atoms with Crippen molar-refractivity contribution in [1.29, 1.82) is 0 Å². The molecule has 5 nitrogen and oxygen atoms in total. The minimum atomic E-state index is -0.560. The predicted octanol–water partition coefficient (Wildman–Crippen LogP) is 17.1. The maximum absolute atomic E-state index is 12.7. The van der Waals surface area contributed by atoms with E-state index in [9.17, 15) is 9.59 Å². The van der Waals surface area contributed by atoms with Crippen LogP contribution < -0.4 is 0 Å². The van der Waals surface area contributed by atoms with E-state index >= 15 is 0 Å². The Balaban J connectivity index is 4.30. The number of rotatable bonds is 46. The van der Waals surface area contributed by atoms with Crippen LogP contribution in [0.15, 0.2) is 72.9 Å². The Hall–Kier alpha value is -2.66. The average Bonchev–Trinajstić information content (AvgIpc) is 3.25. The summed E-state index contributed by atoms with van der Waals surface area (Å²) in [5.74, 6) is -0.430. The topological polar surface area (TPSA) is 61.8 Å². The number of ether oxygens (including phenoxy) is 3. The number of carbonyl (C=O) groups excluding carboxylic acids is 2. The summed E-state index contributed by atoms with van der Waals surface area (Å²) in [7, 11) is 0. The molecule has 0 spiro atoms. The van der Waals surface area contributed by atoms with Crippen LogP contribution in [0.5, 0.6) is 0 Å². The maximum Gasteiger partial charge on any atom is 0.306 e. The third-order valence-electron chi connectivity index (χ3n) is 10.7. The predicted molar refractivity (Wildman–Crippen MR) is 260 cm³/mol. The molecule has 0 aliphatic rings. The van der Waals surface area contributed by atoms with Crippen molar-refractivity contribution < 1.29 is 23.8 Å². The van der Waals surface area contributed by atoms with E-state index in [1.54, 1.807) is 0 Å². The lowest BCUT2D eigenvalue weighted by Gasteiger charge is -2.18. The molecule has 5 heteroatoms. The van der Waals surface area contributed by atoms with Crippen molar-refractivity contribution in [3.63, 3.8) is 0 Å². The van der Waals surface area contributed by atoms with Gasteiger partial charge in [0.25, 0.3) is 0 Å². The van der Waals surface area contributed by atoms with Crippen LogP contribution in [0.2, 0.25) is 0 Å². The van der Waals surface area contributed by atoms with E-state index in [-0.39, 0.29) is 25.2 Å². The summed E-state index contributed by atoms with van der Waals surface area (Å²) in [6.07, 6.45) is 64.8. The van der Waals surface area contributed by atoms with E-state index in [1.807, 2.05) is 0 Å². The number of carbonyl (C=O) groups is 2. The summed E-state index contributed by atoms with van der Waals surface area (Å²) in [6.45, 7) is 7.60. The zero-order chi connectivity index (χ0) is 43.5. The van der Waals surface area contributed by atoms with Gasteiger partial charge in [-0.05, 0) is 103 Å². The van der Waals surface area contributed by atoms with E-state index in [0.29, 0.717) is 19.4 Å². The van der Waals surface area contributed by atoms with Crippen molar-refractivity contribution >= 4 is 11.9 Å². The summed E-state index contributed by atoms with van der Waals surface area (Å²) in [4.78, 5) is 25.3. The molecule has 1 atom stereocenters. The average molecular weight is 837 g/mol. The van der Waals surface area contributed by atoms with Gasteiger partial charge < -0.3 is 14.2 Å². The molecule has 346 valence electrons. The first-order valence-electron chi connectivity index (χ1n) is 25.5. The lowest BCUT2D eigenvalue weighted by atomic mass is 10.1. The van der Waals surface area contributed by atoms with Gasteiger partial charge >= 0.3 is 11.9 Å². The van der Waals surface area contributed by atoms with Crippen LogP contribution in [0.1, 0.15) is 239 Å². The Morgan fingerprint density at radius 3 is 1.27 bits per heavy atom. The quantitative estimate of drug-likeness (QED) is 0.0347. The first-order valence-corrected chi connectivity index (χ1v) is 25.5. The molecule has 60 heavy (non-hydrogen) atoms. The van der Waals surface area contributed by atoms with Crippen LogP contribution >= 0.6 is 0 Å². The molecule has 0 saturated carbocycles. The highest BCUT2D eigenvalue weighted by atomic mass is 16.6. The smallest absolute Gasteiger partial charge is 0.306 e. The van der Waals surface area contributed by atoms with Gasteiger partial charge in [-0.25, -0.2) is 0 Å². The van der Waals surface area contributed by atoms with Crippen molar-refractivity contribution in [2.75, 3.05) is 19.8 Å². The van der Waals surface area contributed by atoms with Gasteiger partial charge in [-0.3, -0.25) is 9.59 Å². The Labute approximate surface area is 372 Å². The number of hydrogen-bond donors (Lipinski definition) is 0. The number of esters is 2. The van der Waals surface area contributed by atoms with Crippen LogP contribution in [-0.2, 0) is 23.8 Å². The molecule has 0 aliphatic heterocycles. The van der Waals surface area contributed by atoms with Crippen LogP contribution in [-0.4, -0.2) is 37.9 Å². The summed E-state index contributed by atoms with van der Waals surface area (Å²) in [5.41, 5.74) is 0. The minimum absolute atomic E-state index is 0.0651. The highest BCUT2D eigenvalue weighted by Gasteiger charge is 2.17. The van der Waals surface area contributed by atoms with E-state index < -0.39 is 6.10 Å². The zero-order valence-electron chi connectivity index (χ0n) is 39.7. The third-order valence-corrected chi connectivity index (χ3v) is 10.7. The van der Waals surface area contributed by atoms with Gasteiger partial charge in [0.1, 0.15) is 6.61 Å². The summed E-state index contributed by atoms with van der Waals surface area (Å²) < 4.78 is 17.3. The number of hydrogen-bond acceptors (Lipinski definition) is 5. The fourth-order valence-electron chi connectivity index (χ4n) is 6.89. The van der Waals surface area contributed by atoms with E-state index in [0.717, 1.165) is 96.3 Å². The van der Waals surface area contributed by atoms with Gasteiger partial charge in [-0.1, -0.05) is 196 Å². The summed E-state index contributed by atoms with van der Waals surface area (Å²) in [6, 6.07) is 0. The molecule has 0 aliphatic carbocycles. The highest BCUT2D eigenvalue weighted by Crippen LogP contribution is 2.13. The second-order valence-corrected chi connectivity index (χ2v) is 16.7. The number of unbranched alkanes of at least 4 members (excludes halogenated alkanes) is 23. The van der Waals surface area contributed by atoms with Crippen LogP contribution in [0.3, 0.4) is 0 Å². The van der Waals surface area contributed by atoms with Gasteiger partial charge in [-0.15, -0.1) is 0 Å². The number of allylic oxidation sites excluding steroid dienone is 12. The normalized spacial score (nSPS) is 12.8. The molecule has 0 fully saturated rings. The SMILES string of the molecule is CC/C=C\C/C=C\C/C=C\C/C=C\CCCCCOCC(COC(=O)CCCCCCCCC/C=C\CCCCCCCC)OC(=O)CCCCCCC/C=C\CCCC. The Morgan fingerprint density at radius 2 is 0.767 bits per heavy atom. The Kier molecular flexibility index (Phi) is 48.4. The van der Waals surface area contributed by atoms with E-state index in [1.165, 1.54) is 109 Å². The Bertz CT molecular complexity index is 1080. The molecule has 0 radical (unpaired) electrons. The summed E-state index contributed by atoms with van der Waals surface area (Å²) in [5, 5.41) is 0. The van der Waals surface area contributed by atoms with Crippen LogP contribution in [0.4, 0.5) is 0 Å². The molecule has 0 aromatic heterocycles. The second-order valence-electron chi connectivity index (χ2n) is 16.7. The van der Waals surface area contributed by atoms with E-state index in [4.69, 9.17) is 14.2 Å². The van der Waals surface area contributed by atoms with Gasteiger partial charge in [0, 0.05) is 19.4 Å². The van der Waals surface area contributed by atoms with Crippen LogP contribution in [0.25, 0.3) is 0 Å². The monoisotopic (exact) mass is 837 g/mol. The molecule has 1 unspecified atom stereocenters. The van der Waals surface area contributed by atoms with E-state index in [2.05, 4.69) is 93.7 Å². The fourth-order valence-corrected chi connectivity index (χ4v) is 6.89. The van der Waals surface area contributed by atoms with Crippen molar-refractivity contribution in [3.8, 4) is 0 Å². The lowest BCUT2D eigenvalue weighted by molar-refractivity contribution is -0.163.